The van der Waals surface area contributed by atoms with E-state index in [1.54, 1.807) is 20.8 Å². The summed E-state index contributed by atoms with van der Waals surface area (Å²) in [4.78, 5) is 0. The first-order chi connectivity index (χ1) is 9.06. The van der Waals surface area contributed by atoms with Crippen LogP contribution in [0, 0.1) is 0 Å². The fourth-order valence-corrected chi connectivity index (χ4v) is 1.70. The standard InChI is InChI=1S/C14H24O2.BH3O3/c1-13(2,15)14(3,16)11-7-10-12-8-5-4-6-9-12;2-1(3)4/h7-8,10,15-16H,4-6,9,11H2,1-3H3;2-4H/b10-7+;. The molecule has 0 radical (unpaired) electrons. The lowest BCUT2D eigenvalue weighted by Crippen LogP contribution is -2.47. The van der Waals surface area contributed by atoms with E-state index >= 15 is 0 Å². The summed E-state index contributed by atoms with van der Waals surface area (Å²) in [6.07, 6.45) is 11.7. The zero-order valence-electron chi connectivity index (χ0n) is 12.6. The molecule has 116 valence electrons. The molecule has 0 aromatic carbocycles. The molecule has 0 saturated heterocycles. The second-order valence-electron chi connectivity index (χ2n) is 5.81. The van der Waals surface area contributed by atoms with Crippen molar-refractivity contribution in [1.82, 2.24) is 0 Å². The lowest BCUT2D eigenvalue weighted by atomic mass is 9.84. The highest BCUT2D eigenvalue weighted by Crippen LogP contribution is 2.26. The molecule has 0 bridgehead atoms. The second kappa shape index (κ2) is 8.59. The predicted molar refractivity (Wildman–Crippen MR) is 79.6 cm³/mol. The van der Waals surface area contributed by atoms with Gasteiger partial charge in [0.15, 0.2) is 0 Å². The molecule has 0 aromatic rings. The maximum Gasteiger partial charge on any atom is 0.631 e. The third kappa shape index (κ3) is 8.50. The van der Waals surface area contributed by atoms with Gasteiger partial charge in [-0.3, -0.25) is 0 Å². The van der Waals surface area contributed by atoms with Gasteiger partial charge in [-0.05, 0) is 52.9 Å². The van der Waals surface area contributed by atoms with E-state index < -0.39 is 18.5 Å². The van der Waals surface area contributed by atoms with E-state index in [2.05, 4.69) is 12.2 Å². The number of rotatable bonds is 4. The molecule has 0 heterocycles. The summed E-state index contributed by atoms with van der Waals surface area (Å²) in [5.41, 5.74) is -0.783. The Balaban J connectivity index is 0.000000796. The van der Waals surface area contributed by atoms with Crippen LogP contribution in [0.15, 0.2) is 23.8 Å². The first kappa shape index (κ1) is 19.3. The van der Waals surface area contributed by atoms with Crippen LogP contribution in [0.4, 0.5) is 0 Å². The van der Waals surface area contributed by atoms with Crippen molar-refractivity contribution in [3.63, 3.8) is 0 Å². The monoisotopic (exact) mass is 286 g/mol. The van der Waals surface area contributed by atoms with Crippen LogP contribution >= 0.6 is 0 Å². The Labute approximate surface area is 121 Å². The molecule has 5 N–H and O–H groups in total. The van der Waals surface area contributed by atoms with E-state index in [4.69, 9.17) is 15.1 Å². The van der Waals surface area contributed by atoms with Gasteiger partial charge in [0, 0.05) is 0 Å². The average Bonchev–Trinajstić information content (AvgIpc) is 2.28. The van der Waals surface area contributed by atoms with Crippen molar-refractivity contribution in [3.05, 3.63) is 23.8 Å². The quantitative estimate of drug-likeness (QED) is 0.494. The minimum Gasteiger partial charge on any atom is -0.402 e. The molecule has 1 unspecified atom stereocenters. The Morgan fingerprint density at radius 2 is 1.70 bits per heavy atom. The maximum absolute atomic E-state index is 10.1. The van der Waals surface area contributed by atoms with E-state index in [0.29, 0.717) is 6.42 Å². The Morgan fingerprint density at radius 3 is 2.10 bits per heavy atom. The first-order valence-corrected chi connectivity index (χ1v) is 6.91. The van der Waals surface area contributed by atoms with Crippen LogP contribution in [-0.4, -0.2) is 43.8 Å². The highest BCUT2D eigenvalue weighted by molar-refractivity contribution is 6.30. The van der Waals surface area contributed by atoms with Crippen LogP contribution in [-0.2, 0) is 0 Å². The molecular weight excluding hydrogens is 259 g/mol. The highest BCUT2D eigenvalue weighted by Gasteiger charge is 2.36. The van der Waals surface area contributed by atoms with Crippen LogP contribution in [0.3, 0.4) is 0 Å². The zero-order chi connectivity index (χ0) is 15.8. The van der Waals surface area contributed by atoms with Crippen LogP contribution in [0.25, 0.3) is 0 Å². The van der Waals surface area contributed by atoms with Gasteiger partial charge >= 0.3 is 7.32 Å². The van der Waals surface area contributed by atoms with Gasteiger partial charge in [-0.25, -0.2) is 0 Å². The lowest BCUT2D eigenvalue weighted by molar-refractivity contribution is -0.117. The minimum absolute atomic E-state index is 0.480. The molecule has 5 nitrogen and oxygen atoms in total. The fraction of sp³-hybridized carbons (Fsp3) is 0.714. The van der Waals surface area contributed by atoms with Crippen molar-refractivity contribution in [2.45, 2.75) is 64.1 Å². The number of hydrogen-bond acceptors (Lipinski definition) is 5. The predicted octanol–water partition coefficient (Wildman–Crippen LogP) is 0.903. The van der Waals surface area contributed by atoms with Crippen LogP contribution in [0.5, 0.6) is 0 Å². The third-order valence-electron chi connectivity index (χ3n) is 3.49. The normalized spacial score (nSPS) is 18.9. The summed E-state index contributed by atoms with van der Waals surface area (Å²) < 4.78 is 0. The molecule has 1 aliphatic rings. The molecule has 0 aliphatic heterocycles. The van der Waals surface area contributed by atoms with Gasteiger partial charge in [0.05, 0.1) is 11.2 Å². The van der Waals surface area contributed by atoms with Gasteiger partial charge < -0.3 is 25.3 Å². The fourth-order valence-electron chi connectivity index (χ4n) is 1.70. The van der Waals surface area contributed by atoms with Crippen molar-refractivity contribution in [2.75, 3.05) is 0 Å². The van der Waals surface area contributed by atoms with Gasteiger partial charge in [-0.2, -0.15) is 0 Å². The second-order valence-corrected chi connectivity index (χ2v) is 5.81. The van der Waals surface area contributed by atoms with E-state index in [-0.39, 0.29) is 0 Å². The molecule has 1 aliphatic carbocycles. The largest absolute Gasteiger partial charge is 0.631 e. The third-order valence-corrected chi connectivity index (χ3v) is 3.49. The van der Waals surface area contributed by atoms with Crippen LogP contribution in [0.2, 0.25) is 0 Å². The molecule has 1 atom stereocenters. The molecule has 0 spiro atoms. The first-order valence-electron chi connectivity index (χ1n) is 6.91. The number of hydrogen-bond donors (Lipinski definition) is 5. The van der Waals surface area contributed by atoms with Crippen molar-refractivity contribution >= 4 is 7.32 Å². The minimum atomic E-state index is -2.17. The summed E-state index contributed by atoms with van der Waals surface area (Å²) in [6.45, 7) is 4.95. The van der Waals surface area contributed by atoms with E-state index in [1.807, 2.05) is 6.08 Å². The molecule has 6 heteroatoms. The van der Waals surface area contributed by atoms with Gasteiger partial charge in [0.2, 0.25) is 0 Å². The molecule has 0 fully saturated rings. The summed E-state index contributed by atoms with van der Waals surface area (Å²) in [7, 11) is -2.17. The molecular formula is C14H27BO5. The van der Waals surface area contributed by atoms with Crippen molar-refractivity contribution in [1.29, 1.82) is 0 Å². The van der Waals surface area contributed by atoms with Crippen molar-refractivity contribution in [2.24, 2.45) is 0 Å². The summed E-state index contributed by atoms with van der Waals surface area (Å²) in [5.74, 6) is 0. The SMILES string of the molecule is CC(C)(O)C(C)(O)C/C=C/C1=CCCCC1.OB(O)O. The van der Waals surface area contributed by atoms with E-state index in [9.17, 15) is 10.2 Å². The number of aliphatic hydroxyl groups is 2. The summed E-state index contributed by atoms with van der Waals surface area (Å²) in [5, 5.41) is 41.3. The Bertz CT molecular complexity index is 326. The molecule has 1 rings (SSSR count). The summed E-state index contributed by atoms with van der Waals surface area (Å²) >= 11 is 0. The average molecular weight is 286 g/mol. The lowest BCUT2D eigenvalue weighted by Gasteiger charge is -2.34. The molecule has 0 amide bonds. The smallest absolute Gasteiger partial charge is 0.402 e. The Morgan fingerprint density at radius 1 is 1.15 bits per heavy atom. The van der Waals surface area contributed by atoms with E-state index in [0.717, 1.165) is 6.42 Å². The maximum atomic E-state index is 10.1. The van der Waals surface area contributed by atoms with Gasteiger partial charge in [0.1, 0.15) is 0 Å². The topological polar surface area (TPSA) is 101 Å². The van der Waals surface area contributed by atoms with Crippen molar-refractivity contribution < 1.29 is 25.3 Å². The van der Waals surface area contributed by atoms with Crippen LogP contribution < -0.4 is 0 Å². The van der Waals surface area contributed by atoms with Gasteiger partial charge in [-0.1, -0.05) is 23.8 Å². The highest BCUT2D eigenvalue weighted by atomic mass is 16.5. The van der Waals surface area contributed by atoms with E-state index in [1.165, 1.54) is 24.8 Å². The number of allylic oxidation sites excluding steroid dienone is 3. The molecule has 20 heavy (non-hydrogen) atoms. The van der Waals surface area contributed by atoms with Crippen LogP contribution in [0.1, 0.15) is 52.9 Å². The Hall–Kier alpha value is -0.655. The van der Waals surface area contributed by atoms with Crippen molar-refractivity contribution in [3.8, 4) is 0 Å². The Kier molecular flexibility index (Phi) is 8.31. The van der Waals surface area contributed by atoms with Gasteiger partial charge in [0.25, 0.3) is 0 Å². The molecule has 0 saturated carbocycles. The summed E-state index contributed by atoms with van der Waals surface area (Å²) in [6, 6.07) is 0. The molecule has 0 aromatic heterocycles. The van der Waals surface area contributed by atoms with Gasteiger partial charge in [-0.15, -0.1) is 0 Å². The zero-order valence-corrected chi connectivity index (χ0v) is 12.6.